The van der Waals surface area contributed by atoms with Gasteiger partial charge in [0.25, 0.3) is 0 Å². The third-order valence-electron chi connectivity index (χ3n) is 8.15. The van der Waals surface area contributed by atoms with Gasteiger partial charge >= 0.3 is 0 Å². The smallest absolute Gasteiger partial charge is 0.188 e. The van der Waals surface area contributed by atoms with E-state index in [0.717, 1.165) is 39.1 Å². The number of hydrogen-bond acceptors (Lipinski definition) is 4. The summed E-state index contributed by atoms with van der Waals surface area (Å²) < 4.78 is 23.3. The van der Waals surface area contributed by atoms with Gasteiger partial charge in [-0.05, 0) is 51.0 Å². The predicted molar refractivity (Wildman–Crippen MR) is 183 cm³/mol. The van der Waals surface area contributed by atoms with Crippen LogP contribution < -0.4 is 0 Å². The fourth-order valence-corrected chi connectivity index (χ4v) is 5.31. The molecule has 0 radical (unpaired) electrons. The Bertz CT molecular complexity index is 473. The summed E-state index contributed by atoms with van der Waals surface area (Å²) in [4.78, 5) is 0. The Hall–Kier alpha value is -0.580. The van der Waals surface area contributed by atoms with Crippen molar-refractivity contribution >= 4 is 0 Å². The quantitative estimate of drug-likeness (QED) is 0.0406. The van der Waals surface area contributed by atoms with Crippen LogP contribution in [-0.4, -0.2) is 32.9 Å². The van der Waals surface area contributed by atoms with Crippen molar-refractivity contribution in [3.8, 4) is 0 Å². The first-order chi connectivity index (χ1) is 20.8. The minimum absolute atomic E-state index is 0.00913. The van der Waals surface area contributed by atoms with Crippen molar-refractivity contribution in [3.05, 3.63) is 12.3 Å². The summed E-state index contributed by atoms with van der Waals surface area (Å²) in [6.45, 7) is 9.70. The van der Waals surface area contributed by atoms with Gasteiger partial charge in [0.15, 0.2) is 13.1 Å². The van der Waals surface area contributed by atoms with Gasteiger partial charge in [0.2, 0.25) is 0 Å². The molecular formula is C38H76O4. The highest BCUT2D eigenvalue weighted by molar-refractivity contribution is 4.72. The zero-order valence-electron chi connectivity index (χ0n) is 29.0. The van der Waals surface area contributed by atoms with E-state index in [1.807, 2.05) is 6.26 Å². The summed E-state index contributed by atoms with van der Waals surface area (Å²) in [6, 6.07) is 0. The van der Waals surface area contributed by atoms with Gasteiger partial charge in [0.05, 0.1) is 12.9 Å². The lowest BCUT2D eigenvalue weighted by atomic mass is 10.1. The molecule has 252 valence electrons. The first-order valence-electron chi connectivity index (χ1n) is 18.9. The molecule has 0 aliphatic heterocycles. The summed E-state index contributed by atoms with van der Waals surface area (Å²) in [5, 5.41) is 0. The van der Waals surface area contributed by atoms with Gasteiger partial charge in [0.1, 0.15) is 0 Å². The molecule has 0 aromatic carbocycles. The SMILES string of the molecule is CCCCCCCCCCOC(CCCCCCCCCC=COCOCCCCC)OCCCCCCCCCC. The molecule has 0 atom stereocenters. The van der Waals surface area contributed by atoms with E-state index < -0.39 is 0 Å². The molecule has 0 fully saturated rings. The van der Waals surface area contributed by atoms with E-state index >= 15 is 0 Å². The van der Waals surface area contributed by atoms with Crippen LogP contribution in [0.4, 0.5) is 0 Å². The number of allylic oxidation sites excluding steroid dienone is 1. The van der Waals surface area contributed by atoms with Crippen molar-refractivity contribution in [2.75, 3.05) is 26.6 Å². The maximum absolute atomic E-state index is 6.24. The Kier molecular flexibility index (Phi) is 37.9. The van der Waals surface area contributed by atoms with Crippen molar-refractivity contribution in [3.63, 3.8) is 0 Å². The molecule has 0 heterocycles. The van der Waals surface area contributed by atoms with Crippen LogP contribution in [0.2, 0.25) is 0 Å². The summed E-state index contributed by atoms with van der Waals surface area (Å²) in [7, 11) is 0. The van der Waals surface area contributed by atoms with E-state index in [1.54, 1.807) is 0 Å². The van der Waals surface area contributed by atoms with Crippen molar-refractivity contribution < 1.29 is 18.9 Å². The van der Waals surface area contributed by atoms with Crippen LogP contribution in [0, 0.1) is 0 Å². The first-order valence-corrected chi connectivity index (χ1v) is 18.9. The van der Waals surface area contributed by atoms with E-state index in [-0.39, 0.29) is 6.29 Å². The van der Waals surface area contributed by atoms with Gasteiger partial charge < -0.3 is 18.9 Å². The van der Waals surface area contributed by atoms with Gasteiger partial charge in [-0.3, -0.25) is 0 Å². The highest BCUT2D eigenvalue weighted by atomic mass is 16.7. The van der Waals surface area contributed by atoms with E-state index in [4.69, 9.17) is 18.9 Å². The zero-order chi connectivity index (χ0) is 30.4. The molecule has 4 heteroatoms. The van der Waals surface area contributed by atoms with Gasteiger partial charge in [0, 0.05) is 13.2 Å². The second-order valence-electron chi connectivity index (χ2n) is 12.4. The molecule has 4 nitrogen and oxygen atoms in total. The Balaban J connectivity index is 3.83. The summed E-state index contributed by atoms with van der Waals surface area (Å²) in [6.07, 6.45) is 40.3. The van der Waals surface area contributed by atoms with E-state index in [1.165, 1.54) is 161 Å². The molecule has 0 saturated carbocycles. The normalized spacial score (nSPS) is 11.8. The maximum Gasteiger partial charge on any atom is 0.188 e. The Labute approximate surface area is 264 Å². The average molecular weight is 597 g/mol. The first kappa shape index (κ1) is 41.4. The van der Waals surface area contributed by atoms with Crippen molar-refractivity contribution in [1.82, 2.24) is 0 Å². The predicted octanol–water partition coefficient (Wildman–Crippen LogP) is 12.8. The topological polar surface area (TPSA) is 36.9 Å². The molecule has 0 N–H and O–H groups in total. The third-order valence-corrected chi connectivity index (χ3v) is 8.15. The van der Waals surface area contributed by atoms with Crippen LogP contribution >= 0.6 is 0 Å². The minimum atomic E-state index is 0.00913. The fraction of sp³-hybridized carbons (Fsp3) is 0.947. The van der Waals surface area contributed by atoms with Crippen LogP contribution in [0.1, 0.15) is 201 Å². The lowest BCUT2D eigenvalue weighted by Crippen LogP contribution is -2.19. The van der Waals surface area contributed by atoms with E-state index in [2.05, 4.69) is 26.8 Å². The number of rotatable bonds is 37. The van der Waals surface area contributed by atoms with Gasteiger partial charge in [-0.1, -0.05) is 156 Å². The van der Waals surface area contributed by atoms with Gasteiger partial charge in [-0.15, -0.1) is 0 Å². The maximum atomic E-state index is 6.24. The lowest BCUT2D eigenvalue weighted by Gasteiger charge is -2.19. The van der Waals surface area contributed by atoms with Crippen LogP contribution in [0.15, 0.2) is 12.3 Å². The molecule has 0 aliphatic rings. The molecule has 0 spiro atoms. The molecule has 0 unspecified atom stereocenters. The zero-order valence-corrected chi connectivity index (χ0v) is 29.0. The molecule has 0 aromatic rings. The Morgan fingerprint density at radius 1 is 0.429 bits per heavy atom. The minimum Gasteiger partial charge on any atom is -0.475 e. The van der Waals surface area contributed by atoms with Crippen molar-refractivity contribution in [2.45, 2.75) is 207 Å². The largest absolute Gasteiger partial charge is 0.475 e. The monoisotopic (exact) mass is 597 g/mol. The number of hydrogen-bond donors (Lipinski definition) is 0. The van der Waals surface area contributed by atoms with E-state index in [9.17, 15) is 0 Å². The van der Waals surface area contributed by atoms with E-state index in [0.29, 0.717) is 6.79 Å². The van der Waals surface area contributed by atoms with Gasteiger partial charge in [-0.2, -0.15) is 0 Å². The average Bonchev–Trinajstić information content (AvgIpc) is 3.00. The molecule has 0 aliphatic carbocycles. The second kappa shape index (κ2) is 38.4. The van der Waals surface area contributed by atoms with Gasteiger partial charge in [-0.25, -0.2) is 0 Å². The van der Waals surface area contributed by atoms with Crippen LogP contribution in [0.5, 0.6) is 0 Å². The summed E-state index contributed by atoms with van der Waals surface area (Å²) >= 11 is 0. The molecule has 42 heavy (non-hydrogen) atoms. The third kappa shape index (κ3) is 35.6. The molecule has 0 aromatic heterocycles. The molecule has 0 saturated heterocycles. The van der Waals surface area contributed by atoms with Crippen LogP contribution in [0.3, 0.4) is 0 Å². The molecular weight excluding hydrogens is 520 g/mol. The summed E-state index contributed by atoms with van der Waals surface area (Å²) in [5.74, 6) is 0. The Morgan fingerprint density at radius 2 is 0.833 bits per heavy atom. The molecule has 0 rings (SSSR count). The van der Waals surface area contributed by atoms with Crippen LogP contribution in [0.25, 0.3) is 0 Å². The van der Waals surface area contributed by atoms with Crippen molar-refractivity contribution in [1.29, 1.82) is 0 Å². The molecule has 0 amide bonds. The Morgan fingerprint density at radius 3 is 1.36 bits per heavy atom. The number of unbranched alkanes of at least 4 members (excludes halogenated alkanes) is 23. The van der Waals surface area contributed by atoms with Crippen molar-refractivity contribution in [2.24, 2.45) is 0 Å². The molecule has 0 bridgehead atoms. The number of ether oxygens (including phenoxy) is 4. The lowest BCUT2D eigenvalue weighted by molar-refractivity contribution is -0.148. The fourth-order valence-electron chi connectivity index (χ4n) is 5.31. The highest BCUT2D eigenvalue weighted by Crippen LogP contribution is 2.15. The van der Waals surface area contributed by atoms with Crippen LogP contribution in [-0.2, 0) is 18.9 Å². The second-order valence-corrected chi connectivity index (χ2v) is 12.4. The summed E-state index contributed by atoms with van der Waals surface area (Å²) in [5.41, 5.74) is 0. The standard InChI is InChI=1S/C38H76O4/c1-4-7-10-12-14-21-25-30-35-41-38(42-36-31-26-22-15-13-11-8-5-2)32-27-23-19-17-16-18-20-24-29-34-40-37-39-33-28-9-6-3/h29,34,38H,4-28,30-33,35-37H2,1-3H3. The highest BCUT2D eigenvalue weighted by Gasteiger charge is 2.09.